The SMILES string of the molecule is O=C(Cn1ccc([N+](=O)[O-])n1)Nc1ccc(F)cc1OC(F)F. The predicted octanol–water partition coefficient (Wildman–Crippen LogP) is 2.17. The number of rotatable bonds is 6. The summed E-state index contributed by atoms with van der Waals surface area (Å²) in [6, 6.07) is 3.79. The van der Waals surface area contributed by atoms with Crippen LogP contribution >= 0.6 is 0 Å². The molecule has 0 saturated heterocycles. The molecule has 1 amide bonds. The van der Waals surface area contributed by atoms with E-state index in [4.69, 9.17) is 0 Å². The molecule has 122 valence electrons. The molecule has 11 heteroatoms. The average molecular weight is 330 g/mol. The molecule has 0 radical (unpaired) electrons. The van der Waals surface area contributed by atoms with Crippen LogP contribution in [0.4, 0.5) is 24.7 Å². The van der Waals surface area contributed by atoms with Crippen LogP contribution < -0.4 is 10.1 Å². The maximum atomic E-state index is 13.0. The Morgan fingerprint density at radius 2 is 2.17 bits per heavy atom. The smallest absolute Gasteiger partial charge is 0.389 e. The minimum absolute atomic E-state index is 0.168. The van der Waals surface area contributed by atoms with Gasteiger partial charge in [-0.3, -0.25) is 4.79 Å². The van der Waals surface area contributed by atoms with E-state index in [1.54, 1.807) is 0 Å². The lowest BCUT2D eigenvalue weighted by molar-refractivity contribution is -0.389. The van der Waals surface area contributed by atoms with Crippen LogP contribution in [0.1, 0.15) is 0 Å². The number of carbonyl (C=O) groups is 1. The highest BCUT2D eigenvalue weighted by Crippen LogP contribution is 2.27. The van der Waals surface area contributed by atoms with Gasteiger partial charge >= 0.3 is 12.4 Å². The molecule has 8 nitrogen and oxygen atoms in total. The van der Waals surface area contributed by atoms with Crippen LogP contribution in [-0.4, -0.2) is 27.2 Å². The molecule has 0 saturated carbocycles. The summed E-state index contributed by atoms with van der Waals surface area (Å²) in [6.45, 7) is -3.60. The van der Waals surface area contributed by atoms with E-state index in [9.17, 15) is 28.1 Å². The number of anilines is 1. The Labute approximate surface area is 126 Å². The molecule has 0 bridgehead atoms. The summed E-state index contributed by atoms with van der Waals surface area (Å²) in [5.41, 5.74) is -0.168. The molecule has 1 N–H and O–H groups in total. The predicted molar refractivity (Wildman–Crippen MR) is 70.5 cm³/mol. The molecule has 1 heterocycles. The van der Waals surface area contributed by atoms with Gasteiger partial charge in [-0.15, -0.1) is 0 Å². The van der Waals surface area contributed by atoms with Gasteiger partial charge in [-0.2, -0.15) is 13.5 Å². The first-order valence-electron chi connectivity index (χ1n) is 6.07. The molecule has 23 heavy (non-hydrogen) atoms. The zero-order valence-corrected chi connectivity index (χ0v) is 11.3. The van der Waals surface area contributed by atoms with Crippen molar-refractivity contribution >= 4 is 17.4 Å². The topological polar surface area (TPSA) is 99.3 Å². The number of nitrogens with zero attached hydrogens (tertiary/aromatic N) is 3. The summed E-state index contributed by atoms with van der Waals surface area (Å²) in [5, 5.41) is 16.2. The van der Waals surface area contributed by atoms with E-state index in [1.807, 2.05) is 0 Å². The molecule has 0 fully saturated rings. The van der Waals surface area contributed by atoms with Gasteiger partial charge in [-0.1, -0.05) is 0 Å². The number of alkyl halides is 2. The lowest BCUT2D eigenvalue weighted by Crippen LogP contribution is -2.20. The first-order valence-corrected chi connectivity index (χ1v) is 6.07. The van der Waals surface area contributed by atoms with E-state index in [0.29, 0.717) is 6.07 Å². The fraction of sp³-hybridized carbons (Fsp3) is 0.167. The van der Waals surface area contributed by atoms with E-state index >= 15 is 0 Å². The monoisotopic (exact) mass is 330 g/mol. The summed E-state index contributed by atoms with van der Waals surface area (Å²) in [4.78, 5) is 21.5. The molecular weight excluding hydrogens is 321 g/mol. The number of amides is 1. The van der Waals surface area contributed by atoms with E-state index in [-0.39, 0.29) is 5.69 Å². The third kappa shape index (κ3) is 4.43. The molecule has 1 aromatic carbocycles. The lowest BCUT2D eigenvalue weighted by atomic mass is 10.3. The minimum Gasteiger partial charge on any atom is -0.432 e. The Kier molecular flexibility index (Phi) is 4.79. The number of ether oxygens (including phenoxy) is 1. The zero-order chi connectivity index (χ0) is 17.0. The highest BCUT2D eigenvalue weighted by atomic mass is 19.3. The normalized spacial score (nSPS) is 10.6. The van der Waals surface area contributed by atoms with Crippen molar-refractivity contribution < 1.29 is 27.6 Å². The molecule has 0 aliphatic carbocycles. The van der Waals surface area contributed by atoms with Crippen molar-refractivity contribution in [3.8, 4) is 5.75 Å². The van der Waals surface area contributed by atoms with Gasteiger partial charge in [0.1, 0.15) is 12.4 Å². The lowest BCUT2D eigenvalue weighted by Gasteiger charge is -2.11. The van der Waals surface area contributed by atoms with Crippen molar-refractivity contribution in [3.05, 3.63) is 46.4 Å². The van der Waals surface area contributed by atoms with Gasteiger partial charge < -0.3 is 20.2 Å². The number of halogens is 3. The number of hydrogen-bond acceptors (Lipinski definition) is 5. The minimum atomic E-state index is -3.19. The number of hydrogen-bond donors (Lipinski definition) is 1. The Morgan fingerprint density at radius 3 is 2.78 bits per heavy atom. The van der Waals surface area contributed by atoms with Crippen molar-refractivity contribution in [2.45, 2.75) is 13.2 Å². The average Bonchev–Trinajstić information content (AvgIpc) is 2.90. The van der Waals surface area contributed by atoms with E-state index in [2.05, 4.69) is 15.2 Å². The second-order valence-electron chi connectivity index (χ2n) is 4.20. The van der Waals surface area contributed by atoms with Crippen molar-refractivity contribution in [3.63, 3.8) is 0 Å². The van der Waals surface area contributed by atoms with Crippen LogP contribution in [0.25, 0.3) is 0 Å². The molecular formula is C12H9F3N4O4. The Balaban J connectivity index is 2.08. The van der Waals surface area contributed by atoms with Gasteiger partial charge in [-0.05, 0) is 17.1 Å². The largest absolute Gasteiger partial charge is 0.432 e. The quantitative estimate of drug-likeness (QED) is 0.646. The van der Waals surface area contributed by atoms with Gasteiger partial charge in [0.05, 0.1) is 23.0 Å². The molecule has 0 spiro atoms. The third-order valence-corrected chi connectivity index (χ3v) is 2.55. The maximum Gasteiger partial charge on any atom is 0.389 e. The second-order valence-corrected chi connectivity index (χ2v) is 4.20. The number of nitrogens with one attached hydrogen (secondary N) is 1. The standard InChI is InChI=1S/C12H9F3N4O4/c13-7-1-2-8(9(5-7)23-12(14)15)16-11(20)6-18-4-3-10(17-18)19(21)22/h1-5,12H,6H2,(H,16,20). The van der Waals surface area contributed by atoms with Crippen LogP contribution in [0, 0.1) is 15.9 Å². The Bertz CT molecular complexity index is 735. The van der Waals surface area contributed by atoms with Crippen LogP contribution in [0.15, 0.2) is 30.5 Å². The van der Waals surface area contributed by atoms with Crippen LogP contribution in [0.5, 0.6) is 5.75 Å². The highest BCUT2D eigenvalue weighted by Gasteiger charge is 2.16. The van der Waals surface area contributed by atoms with E-state index < -0.39 is 41.4 Å². The maximum absolute atomic E-state index is 13.0. The summed E-state index contributed by atoms with van der Waals surface area (Å²) in [5.74, 6) is -2.52. The molecule has 0 unspecified atom stereocenters. The first kappa shape index (κ1) is 16.3. The van der Waals surface area contributed by atoms with Gasteiger partial charge in [0.25, 0.3) is 0 Å². The zero-order valence-electron chi connectivity index (χ0n) is 11.3. The molecule has 0 aliphatic heterocycles. The van der Waals surface area contributed by atoms with Crippen molar-refractivity contribution in [2.75, 3.05) is 5.32 Å². The third-order valence-electron chi connectivity index (χ3n) is 2.55. The molecule has 2 rings (SSSR count). The summed E-state index contributed by atoms with van der Waals surface area (Å²) in [6.07, 6.45) is 1.21. The summed E-state index contributed by atoms with van der Waals surface area (Å²) >= 11 is 0. The summed E-state index contributed by atoms with van der Waals surface area (Å²) in [7, 11) is 0. The fourth-order valence-electron chi connectivity index (χ4n) is 1.67. The molecule has 1 aromatic heterocycles. The molecule has 2 aromatic rings. The summed E-state index contributed by atoms with van der Waals surface area (Å²) < 4.78 is 42.7. The van der Waals surface area contributed by atoms with E-state index in [0.717, 1.165) is 22.9 Å². The fourth-order valence-corrected chi connectivity index (χ4v) is 1.67. The number of carbonyl (C=O) groups excluding carboxylic acids is 1. The Hall–Kier alpha value is -3.11. The van der Waals surface area contributed by atoms with E-state index in [1.165, 1.54) is 6.20 Å². The van der Waals surface area contributed by atoms with Crippen molar-refractivity contribution in [2.24, 2.45) is 0 Å². The number of nitro groups is 1. The van der Waals surface area contributed by atoms with Crippen LogP contribution in [0.2, 0.25) is 0 Å². The van der Waals surface area contributed by atoms with Gasteiger partial charge in [0.2, 0.25) is 5.91 Å². The molecule has 0 aliphatic rings. The van der Waals surface area contributed by atoms with Crippen molar-refractivity contribution in [1.29, 1.82) is 0 Å². The number of aromatic nitrogens is 2. The van der Waals surface area contributed by atoms with Gasteiger partial charge in [0.15, 0.2) is 5.75 Å². The van der Waals surface area contributed by atoms with Crippen molar-refractivity contribution in [1.82, 2.24) is 9.78 Å². The van der Waals surface area contributed by atoms with Gasteiger partial charge in [-0.25, -0.2) is 4.39 Å². The van der Waals surface area contributed by atoms with Gasteiger partial charge in [0, 0.05) is 6.07 Å². The molecule has 0 atom stereocenters. The first-order chi connectivity index (χ1) is 10.8. The van der Waals surface area contributed by atoms with Crippen LogP contribution in [0.3, 0.4) is 0 Å². The highest BCUT2D eigenvalue weighted by molar-refractivity contribution is 5.92. The Morgan fingerprint density at radius 1 is 1.43 bits per heavy atom. The second kappa shape index (κ2) is 6.77. The number of benzene rings is 1. The van der Waals surface area contributed by atoms with Crippen LogP contribution in [-0.2, 0) is 11.3 Å².